The first kappa shape index (κ1) is 13.0. The van der Waals surface area contributed by atoms with Crippen LogP contribution in [0.5, 0.6) is 5.75 Å². The fourth-order valence-electron chi connectivity index (χ4n) is 1.89. The van der Waals surface area contributed by atoms with E-state index in [1.807, 2.05) is 49.4 Å². The Labute approximate surface area is 113 Å². The molecule has 0 heterocycles. The molecule has 0 spiro atoms. The van der Waals surface area contributed by atoms with Gasteiger partial charge in [-0.05, 0) is 36.2 Å². The molecule has 0 atom stereocenters. The molecule has 2 N–H and O–H groups in total. The number of para-hydroxylation sites is 1. The third-order valence-corrected chi connectivity index (χ3v) is 2.94. The molecule has 0 aliphatic heterocycles. The largest absolute Gasteiger partial charge is 0.492 e. The van der Waals surface area contributed by atoms with Gasteiger partial charge in [0.1, 0.15) is 11.8 Å². The summed E-state index contributed by atoms with van der Waals surface area (Å²) < 4.78 is 5.66. The van der Waals surface area contributed by atoms with Crippen LogP contribution in [0.4, 0.5) is 5.69 Å². The maximum Gasteiger partial charge on any atom is 0.137 e. The van der Waals surface area contributed by atoms with Gasteiger partial charge in [-0.3, -0.25) is 0 Å². The third kappa shape index (κ3) is 3.26. The molecule has 0 aliphatic carbocycles. The number of ether oxygens (including phenoxy) is 1. The van der Waals surface area contributed by atoms with Gasteiger partial charge in [-0.25, -0.2) is 0 Å². The van der Waals surface area contributed by atoms with Crippen molar-refractivity contribution in [3.63, 3.8) is 0 Å². The topological polar surface area (TPSA) is 59.0 Å². The van der Waals surface area contributed by atoms with Crippen LogP contribution in [0, 0.1) is 18.3 Å². The molecule has 0 fully saturated rings. The van der Waals surface area contributed by atoms with Crippen molar-refractivity contribution in [1.82, 2.24) is 0 Å². The van der Waals surface area contributed by atoms with Gasteiger partial charge in [-0.15, -0.1) is 0 Å². The summed E-state index contributed by atoms with van der Waals surface area (Å²) in [5.74, 6) is 0.627. The molecule has 0 bridgehead atoms. The zero-order chi connectivity index (χ0) is 13.7. The smallest absolute Gasteiger partial charge is 0.137 e. The molecule has 0 unspecified atom stereocenters. The van der Waals surface area contributed by atoms with Crippen LogP contribution in [-0.2, 0) is 6.42 Å². The van der Waals surface area contributed by atoms with Crippen molar-refractivity contribution >= 4 is 5.69 Å². The normalized spacial score (nSPS) is 9.89. The number of nitrogens with two attached hydrogens (primary N) is 1. The van der Waals surface area contributed by atoms with Gasteiger partial charge in [0.2, 0.25) is 0 Å². The Morgan fingerprint density at radius 2 is 2.00 bits per heavy atom. The Kier molecular flexibility index (Phi) is 4.04. The van der Waals surface area contributed by atoms with Crippen LogP contribution in [0.2, 0.25) is 0 Å². The van der Waals surface area contributed by atoms with E-state index in [1.54, 1.807) is 0 Å². The first-order chi connectivity index (χ1) is 9.20. The van der Waals surface area contributed by atoms with Crippen LogP contribution in [0.3, 0.4) is 0 Å². The SMILES string of the molecule is Cc1ccc(OCCc2ccccc2N)c(C#N)c1. The van der Waals surface area contributed by atoms with Crippen molar-refractivity contribution in [3.8, 4) is 11.8 Å². The van der Waals surface area contributed by atoms with E-state index in [9.17, 15) is 0 Å². The number of nitrogens with zero attached hydrogens (tertiary/aromatic N) is 1. The van der Waals surface area contributed by atoms with Crippen LogP contribution in [0.1, 0.15) is 16.7 Å². The number of benzene rings is 2. The van der Waals surface area contributed by atoms with Gasteiger partial charge in [-0.2, -0.15) is 5.26 Å². The minimum absolute atomic E-state index is 0.506. The Bertz CT molecular complexity index is 614. The first-order valence-corrected chi connectivity index (χ1v) is 6.17. The van der Waals surface area contributed by atoms with E-state index in [2.05, 4.69) is 6.07 Å². The lowest BCUT2D eigenvalue weighted by atomic mass is 10.1. The van der Waals surface area contributed by atoms with Crippen molar-refractivity contribution in [3.05, 3.63) is 59.2 Å². The van der Waals surface area contributed by atoms with Crippen LogP contribution in [-0.4, -0.2) is 6.61 Å². The van der Waals surface area contributed by atoms with E-state index in [4.69, 9.17) is 15.7 Å². The highest BCUT2D eigenvalue weighted by atomic mass is 16.5. The molecule has 0 amide bonds. The molecule has 3 heteroatoms. The molecule has 2 aromatic rings. The van der Waals surface area contributed by atoms with Crippen LogP contribution in [0.15, 0.2) is 42.5 Å². The number of anilines is 1. The summed E-state index contributed by atoms with van der Waals surface area (Å²) in [6.45, 7) is 2.46. The van der Waals surface area contributed by atoms with E-state index >= 15 is 0 Å². The molecule has 2 aromatic carbocycles. The van der Waals surface area contributed by atoms with E-state index in [1.165, 1.54) is 0 Å². The summed E-state index contributed by atoms with van der Waals surface area (Å²) in [5.41, 5.74) is 9.33. The summed E-state index contributed by atoms with van der Waals surface area (Å²) in [7, 11) is 0. The minimum atomic E-state index is 0.506. The van der Waals surface area contributed by atoms with Crippen molar-refractivity contribution in [2.24, 2.45) is 0 Å². The molecule has 3 nitrogen and oxygen atoms in total. The van der Waals surface area contributed by atoms with E-state index in [0.717, 1.165) is 23.2 Å². The number of nitriles is 1. The van der Waals surface area contributed by atoms with Gasteiger partial charge in [0.15, 0.2) is 0 Å². The fraction of sp³-hybridized carbons (Fsp3) is 0.188. The summed E-state index contributed by atoms with van der Waals surface area (Å²) in [6.07, 6.45) is 0.728. The Hall–Kier alpha value is -2.47. The monoisotopic (exact) mass is 252 g/mol. The molecule has 96 valence electrons. The van der Waals surface area contributed by atoms with E-state index in [-0.39, 0.29) is 0 Å². The van der Waals surface area contributed by atoms with Crippen LogP contribution >= 0.6 is 0 Å². The fourth-order valence-corrected chi connectivity index (χ4v) is 1.89. The number of nitrogen functional groups attached to an aromatic ring is 1. The lowest BCUT2D eigenvalue weighted by molar-refractivity contribution is 0.321. The molecule has 0 radical (unpaired) electrons. The maximum atomic E-state index is 9.05. The summed E-state index contributed by atoms with van der Waals surface area (Å²) in [6, 6.07) is 15.5. The molecule has 0 aromatic heterocycles. The molecular weight excluding hydrogens is 236 g/mol. The van der Waals surface area contributed by atoms with Gasteiger partial charge in [0, 0.05) is 12.1 Å². The average Bonchev–Trinajstić information content (AvgIpc) is 2.42. The summed E-state index contributed by atoms with van der Waals surface area (Å²) in [5, 5.41) is 9.05. The summed E-state index contributed by atoms with van der Waals surface area (Å²) >= 11 is 0. The Morgan fingerprint density at radius 1 is 1.21 bits per heavy atom. The van der Waals surface area contributed by atoms with E-state index < -0.39 is 0 Å². The summed E-state index contributed by atoms with van der Waals surface area (Å²) in [4.78, 5) is 0. The van der Waals surface area contributed by atoms with Gasteiger partial charge < -0.3 is 10.5 Å². The predicted octanol–water partition coefficient (Wildman–Crippen LogP) is 3.07. The third-order valence-electron chi connectivity index (χ3n) is 2.94. The standard InChI is InChI=1S/C16H16N2O/c1-12-6-7-16(14(10-12)11-17)19-9-8-13-4-2-3-5-15(13)18/h2-7,10H,8-9,18H2,1H3. The average molecular weight is 252 g/mol. The van der Waals surface area contributed by atoms with Gasteiger partial charge in [0.05, 0.1) is 12.2 Å². The molecule has 0 saturated heterocycles. The second kappa shape index (κ2) is 5.92. The molecule has 19 heavy (non-hydrogen) atoms. The molecule has 0 saturated carbocycles. The number of hydrogen-bond donors (Lipinski definition) is 1. The predicted molar refractivity (Wildman–Crippen MR) is 75.9 cm³/mol. The minimum Gasteiger partial charge on any atom is -0.492 e. The highest BCUT2D eigenvalue weighted by Crippen LogP contribution is 2.19. The highest BCUT2D eigenvalue weighted by Gasteiger charge is 2.04. The van der Waals surface area contributed by atoms with E-state index in [0.29, 0.717) is 17.9 Å². The van der Waals surface area contributed by atoms with Crippen molar-refractivity contribution in [2.75, 3.05) is 12.3 Å². The van der Waals surface area contributed by atoms with Crippen molar-refractivity contribution < 1.29 is 4.74 Å². The van der Waals surface area contributed by atoms with Crippen molar-refractivity contribution in [2.45, 2.75) is 13.3 Å². The van der Waals surface area contributed by atoms with Crippen molar-refractivity contribution in [1.29, 1.82) is 5.26 Å². The zero-order valence-corrected chi connectivity index (χ0v) is 10.9. The zero-order valence-electron chi connectivity index (χ0n) is 10.9. The Morgan fingerprint density at radius 3 is 2.74 bits per heavy atom. The number of hydrogen-bond acceptors (Lipinski definition) is 3. The number of aryl methyl sites for hydroxylation is 1. The second-order valence-electron chi connectivity index (χ2n) is 4.41. The van der Waals surface area contributed by atoms with Crippen LogP contribution < -0.4 is 10.5 Å². The molecule has 2 rings (SSSR count). The Balaban J connectivity index is 2.01. The van der Waals surface area contributed by atoms with Crippen LogP contribution in [0.25, 0.3) is 0 Å². The number of rotatable bonds is 4. The molecule has 0 aliphatic rings. The van der Waals surface area contributed by atoms with Gasteiger partial charge in [0.25, 0.3) is 0 Å². The first-order valence-electron chi connectivity index (χ1n) is 6.17. The molecular formula is C16H16N2O. The van der Waals surface area contributed by atoms with Gasteiger partial charge in [-0.1, -0.05) is 24.3 Å². The quantitative estimate of drug-likeness (QED) is 0.851. The van der Waals surface area contributed by atoms with Gasteiger partial charge >= 0.3 is 0 Å². The second-order valence-corrected chi connectivity index (χ2v) is 4.41. The lowest BCUT2D eigenvalue weighted by Gasteiger charge is -2.09. The highest BCUT2D eigenvalue weighted by molar-refractivity contribution is 5.47. The lowest BCUT2D eigenvalue weighted by Crippen LogP contribution is -2.04. The maximum absolute atomic E-state index is 9.05.